The van der Waals surface area contributed by atoms with Gasteiger partial charge in [-0.05, 0) is 0 Å². The lowest BCUT2D eigenvalue weighted by molar-refractivity contribution is -0.481. The summed E-state index contributed by atoms with van der Waals surface area (Å²) in [7, 11) is -6.33. The Bertz CT molecular complexity index is 1040. The molecule has 0 bridgehead atoms. The van der Waals surface area contributed by atoms with Crippen molar-refractivity contribution >= 4 is 7.82 Å². The molecule has 0 fully saturated rings. The van der Waals surface area contributed by atoms with Crippen LogP contribution in [0, 0.1) is 0 Å². The second-order valence-electron chi connectivity index (χ2n) is 7.98. The van der Waals surface area contributed by atoms with Crippen molar-refractivity contribution in [2.24, 2.45) is 0 Å². The minimum Gasteiger partial charge on any atom is -0.790 e. The van der Waals surface area contributed by atoms with E-state index in [1.807, 2.05) is 0 Å². The van der Waals surface area contributed by atoms with Crippen LogP contribution in [0.15, 0.2) is 0 Å². The third-order valence-corrected chi connectivity index (χ3v) is 5.42. The molecule has 45 heavy (non-hydrogen) atoms. The van der Waals surface area contributed by atoms with Crippen molar-refractivity contribution in [3.8, 4) is 0 Å². The normalized spacial score (nSPS) is 16.6. The highest BCUT2D eigenvalue weighted by Gasteiger charge is 3.00. The minimum atomic E-state index is -9.60. The summed E-state index contributed by atoms with van der Waals surface area (Å²) in [5, 5.41) is 8.83. The molecule has 0 aliphatic heterocycles. The fraction of sp³-hybridized carbons (Fsp3) is 1.00. The van der Waals surface area contributed by atoms with Crippen LogP contribution < -0.4 is 22.1 Å². The summed E-state index contributed by atoms with van der Waals surface area (Å²) >= 11 is 0. The molecule has 1 unspecified atom stereocenters. The molecule has 0 spiro atoms. The Balaban J connectivity index is -0.00000882. The van der Waals surface area contributed by atoms with Gasteiger partial charge in [0.2, 0.25) is 0 Å². The van der Waals surface area contributed by atoms with Crippen molar-refractivity contribution < 1.29 is 125 Å². The van der Waals surface area contributed by atoms with E-state index >= 15 is 0 Å². The highest BCUT2D eigenvalue weighted by molar-refractivity contribution is 7.43. The molecule has 0 saturated carbocycles. The Morgan fingerprint density at radius 2 is 0.756 bits per heavy atom. The summed E-state index contributed by atoms with van der Waals surface area (Å²) < 4.78 is 319. The smallest absolute Gasteiger partial charge is 0.438 e. The molecule has 276 valence electrons. The zero-order chi connectivity index (χ0) is 35.7. The Morgan fingerprint density at radius 1 is 0.511 bits per heavy atom. The SMILES string of the molecule is O=P([O-])([O-])OCC(O)CC(F)(F)C(F)(F)C(F)(F)C(F)(F)C(F)(F)C(F)(F)C(F)(F)C(F)(F)C(F)(C(F)(F)F)C(F)(F)F.[NH4+].[NH4+]. The van der Waals surface area contributed by atoms with Gasteiger partial charge in [0.25, 0.3) is 0 Å². The summed E-state index contributed by atoms with van der Waals surface area (Å²) in [6, 6.07) is 0. The number of rotatable bonds is 13. The standard InChI is InChI=1S/C14H8F23O5P.2H3N/c15-4(16,1-3(38)2-42-43(39,40)41)6(18,19)8(22,23)10(26,27)12(30,31)11(28,29)9(24,25)7(20,21)5(17,13(32,33)34)14(35,36)37;;/h3,38H,1-2H2,(H2,39,40,41);2*1H3. The van der Waals surface area contributed by atoms with E-state index in [4.69, 9.17) is 5.11 Å². The van der Waals surface area contributed by atoms with Crippen molar-refractivity contribution in [1.82, 2.24) is 12.3 Å². The van der Waals surface area contributed by atoms with Gasteiger partial charge < -0.3 is 36.3 Å². The lowest BCUT2D eigenvalue weighted by atomic mass is 9.82. The van der Waals surface area contributed by atoms with Crippen molar-refractivity contribution in [3.63, 3.8) is 0 Å². The van der Waals surface area contributed by atoms with Crippen LogP contribution in [0.5, 0.6) is 0 Å². The number of phosphoric acid groups is 1. The monoisotopic (exact) mass is 758 g/mol. The highest BCUT2D eigenvalue weighted by Crippen LogP contribution is 2.68. The van der Waals surface area contributed by atoms with E-state index in [1.165, 1.54) is 0 Å². The minimum absolute atomic E-state index is 0. The van der Waals surface area contributed by atoms with Gasteiger partial charge in [-0.2, -0.15) is 96.6 Å². The van der Waals surface area contributed by atoms with Crippen molar-refractivity contribution in [2.45, 2.75) is 77.9 Å². The molecule has 0 rings (SSSR count). The number of hydrogen-bond donors (Lipinski definition) is 3. The topological polar surface area (TPSA) is 166 Å². The summed E-state index contributed by atoms with van der Waals surface area (Å²) in [5.41, 5.74) is -9.11. The van der Waals surface area contributed by atoms with Crippen molar-refractivity contribution in [1.29, 1.82) is 0 Å². The highest BCUT2D eigenvalue weighted by atomic mass is 31.2. The predicted molar refractivity (Wildman–Crippen MR) is 91.7 cm³/mol. The number of phosphoric ester groups is 1. The van der Waals surface area contributed by atoms with Crippen LogP contribution in [0.4, 0.5) is 101 Å². The maximum absolute atomic E-state index is 13.7. The van der Waals surface area contributed by atoms with Gasteiger partial charge in [-0.3, -0.25) is 0 Å². The first kappa shape index (κ1) is 47.8. The molecule has 9 N–H and O–H groups in total. The van der Waals surface area contributed by atoms with E-state index in [2.05, 4.69) is 4.52 Å². The van der Waals surface area contributed by atoms with E-state index in [0.29, 0.717) is 0 Å². The second kappa shape index (κ2) is 12.4. The van der Waals surface area contributed by atoms with Gasteiger partial charge in [-0.25, -0.2) is 4.39 Å². The van der Waals surface area contributed by atoms with Gasteiger partial charge in [0.1, 0.15) is 0 Å². The first-order valence-corrected chi connectivity index (χ1v) is 10.8. The predicted octanol–water partition coefficient (Wildman–Crippen LogP) is 6.25. The summed E-state index contributed by atoms with van der Waals surface area (Å²) in [5.74, 6) is -72.2. The molecule has 7 nitrogen and oxygen atoms in total. The lowest BCUT2D eigenvalue weighted by Crippen LogP contribution is -2.79. The van der Waals surface area contributed by atoms with Crippen LogP contribution in [0.2, 0.25) is 0 Å². The lowest BCUT2D eigenvalue weighted by Gasteiger charge is -2.46. The van der Waals surface area contributed by atoms with Gasteiger partial charge in [0.05, 0.1) is 20.5 Å². The molecular formula is C14H14F23N2O5P. The summed E-state index contributed by atoms with van der Waals surface area (Å²) in [4.78, 5) is 20.2. The van der Waals surface area contributed by atoms with Gasteiger partial charge in [0.15, 0.2) is 0 Å². The van der Waals surface area contributed by atoms with Gasteiger partial charge in [0, 0.05) is 6.42 Å². The molecule has 0 aromatic heterocycles. The average molecular weight is 758 g/mol. The fourth-order valence-electron chi connectivity index (χ4n) is 2.61. The Labute approximate surface area is 231 Å². The number of aliphatic hydroxyl groups excluding tert-OH is 1. The van der Waals surface area contributed by atoms with Crippen molar-refractivity contribution in [3.05, 3.63) is 0 Å². The molecule has 0 radical (unpaired) electrons. The number of aliphatic hydroxyl groups is 1. The maximum atomic E-state index is 13.7. The van der Waals surface area contributed by atoms with Crippen LogP contribution in [-0.4, -0.2) is 83.2 Å². The van der Waals surface area contributed by atoms with Crippen molar-refractivity contribution in [2.75, 3.05) is 6.61 Å². The molecule has 1 atom stereocenters. The zero-order valence-electron chi connectivity index (χ0n) is 20.7. The molecule has 0 saturated heterocycles. The van der Waals surface area contributed by atoms with Gasteiger partial charge in [-0.15, -0.1) is 0 Å². The van der Waals surface area contributed by atoms with Gasteiger partial charge in [-0.1, -0.05) is 0 Å². The second-order valence-corrected chi connectivity index (χ2v) is 9.13. The van der Waals surface area contributed by atoms with Crippen LogP contribution >= 0.6 is 7.82 Å². The third kappa shape index (κ3) is 7.00. The van der Waals surface area contributed by atoms with E-state index in [1.54, 1.807) is 0 Å². The quantitative estimate of drug-likeness (QED) is 0.149. The molecule has 0 aliphatic carbocycles. The average Bonchev–Trinajstić information content (AvgIpc) is 2.73. The number of hydrogen-bond acceptors (Lipinski definition) is 5. The van der Waals surface area contributed by atoms with E-state index < -0.39 is 92.4 Å². The summed E-state index contributed by atoms with van der Waals surface area (Å²) in [6.45, 7) is -2.43. The fourth-order valence-corrected chi connectivity index (χ4v) is 2.96. The molecule has 31 heteroatoms. The van der Waals surface area contributed by atoms with Crippen LogP contribution in [0.1, 0.15) is 6.42 Å². The Kier molecular flexibility index (Phi) is 13.2. The first-order valence-electron chi connectivity index (χ1n) is 9.29. The van der Waals surface area contributed by atoms with Gasteiger partial charge >= 0.3 is 65.4 Å². The summed E-state index contributed by atoms with van der Waals surface area (Å²) in [6.07, 6.45) is -24.5. The third-order valence-electron chi connectivity index (χ3n) is 4.96. The number of halogens is 23. The zero-order valence-corrected chi connectivity index (χ0v) is 21.6. The molecule has 0 aromatic rings. The molecule has 0 aromatic carbocycles. The maximum Gasteiger partial charge on any atom is 0.438 e. The van der Waals surface area contributed by atoms with E-state index in [9.17, 15) is 115 Å². The Morgan fingerprint density at radius 3 is 1.00 bits per heavy atom. The van der Waals surface area contributed by atoms with E-state index in [0.717, 1.165) is 0 Å². The number of alkyl halides is 23. The molecule has 0 aliphatic rings. The largest absolute Gasteiger partial charge is 0.790 e. The van der Waals surface area contributed by atoms with Crippen LogP contribution in [0.3, 0.4) is 0 Å². The Hall–Kier alpha value is -1.62. The van der Waals surface area contributed by atoms with Crippen LogP contribution in [0.25, 0.3) is 0 Å². The van der Waals surface area contributed by atoms with Crippen LogP contribution in [-0.2, 0) is 9.09 Å². The van der Waals surface area contributed by atoms with E-state index in [-0.39, 0.29) is 12.3 Å². The molecular weight excluding hydrogens is 744 g/mol. The molecule has 0 heterocycles. The molecule has 0 amide bonds. The first-order chi connectivity index (χ1) is 18.1. The number of quaternary nitrogens is 2.